The first kappa shape index (κ1) is 24.7. The van der Waals surface area contributed by atoms with Crippen molar-refractivity contribution in [1.82, 2.24) is 15.1 Å². The number of benzene rings is 1. The minimum atomic E-state index is -0.0791. The summed E-state index contributed by atoms with van der Waals surface area (Å²) in [5.74, 6) is 1.11. The van der Waals surface area contributed by atoms with Crippen molar-refractivity contribution in [3.8, 4) is 0 Å². The van der Waals surface area contributed by atoms with E-state index in [0.29, 0.717) is 44.9 Å². The van der Waals surface area contributed by atoms with Gasteiger partial charge in [0.25, 0.3) is 5.91 Å². The Labute approximate surface area is 200 Å². The molecule has 0 radical (unpaired) electrons. The third-order valence-electron chi connectivity index (χ3n) is 4.95. The molecule has 1 fully saturated rings. The van der Waals surface area contributed by atoms with Crippen LogP contribution in [0.2, 0.25) is 0 Å². The first-order chi connectivity index (χ1) is 14.6. The quantitative estimate of drug-likeness (QED) is 0.335. The number of aliphatic imine (C=N–C) groups is 1. The van der Waals surface area contributed by atoms with Crippen LogP contribution in [0, 0.1) is 0 Å². The van der Waals surface area contributed by atoms with Crippen molar-refractivity contribution in [2.45, 2.75) is 26.3 Å². The lowest BCUT2D eigenvalue weighted by Crippen LogP contribution is -2.53. The number of halogens is 1. The molecule has 3 rings (SSSR count). The maximum Gasteiger partial charge on any atom is 0.289 e. The van der Waals surface area contributed by atoms with Crippen LogP contribution in [-0.4, -0.2) is 60.8 Å². The number of guanidine groups is 1. The second-order valence-electron chi connectivity index (χ2n) is 7.16. The van der Waals surface area contributed by atoms with Gasteiger partial charge in [-0.2, -0.15) is 0 Å². The Bertz CT molecular complexity index is 877. The standard InChI is InChI=1S/C22H29N5O3.HI/c1-3-6-20(28)25-18-8-4-7-17(15-18)16-24-22(23-2)27-12-10-26(11-13-27)21(29)19-9-5-14-30-19;/h4-5,7-9,14-15H,3,6,10-13,16H2,1-2H3,(H,23,24)(H,25,28);1H. The molecule has 2 N–H and O–H groups in total. The van der Waals surface area contributed by atoms with Gasteiger partial charge in [-0.15, -0.1) is 24.0 Å². The third-order valence-corrected chi connectivity index (χ3v) is 4.95. The number of furan rings is 1. The largest absolute Gasteiger partial charge is 0.459 e. The number of carbonyl (C=O) groups is 2. The summed E-state index contributed by atoms with van der Waals surface area (Å²) in [6.45, 7) is 5.19. The van der Waals surface area contributed by atoms with Gasteiger partial charge in [0.2, 0.25) is 5.91 Å². The van der Waals surface area contributed by atoms with Crippen LogP contribution in [0.15, 0.2) is 52.1 Å². The summed E-state index contributed by atoms with van der Waals surface area (Å²) in [7, 11) is 1.75. The van der Waals surface area contributed by atoms with Gasteiger partial charge in [-0.3, -0.25) is 14.6 Å². The number of amides is 2. The number of hydrogen-bond donors (Lipinski definition) is 2. The van der Waals surface area contributed by atoms with Crippen LogP contribution < -0.4 is 10.6 Å². The SMILES string of the molecule is CCCC(=O)Nc1cccc(CNC(=NC)N2CCN(C(=O)c3ccco3)CC2)c1.I. The van der Waals surface area contributed by atoms with Gasteiger partial charge in [-0.1, -0.05) is 19.1 Å². The molecule has 168 valence electrons. The molecule has 2 amide bonds. The summed E-state index contributed by atoms with van der Waals surface area (Å²) >= 11 is 0. The second kappa shape index (κ2) is 12.3. The van der Waals surface area contributed by atoms with Crippen molar-refractivity contribution in [3.05, 3.63) is 54.0 Å². The van der Waals surface area contributed by atoms with Gasteiger partial charge >= 0.3 is 0 Å². The highest BCUT2D eigenvalue weighted by Crippen LogP contribution is 2.12. The van der Waals surface area contributed by atoms with E-state index in [4.69, 9.17) is 4.42 Å². The Morgan fingerprint density at radius 2 is 1.84 bits per heavy atom. The Morgan fingerprint density at radius 3 is 2.48 bits per heavy atom. The molecule has 0 atom stereocenters. The maximum absolute atomic E-state index is 12.4. The van der Waals surface area contributed by atoms with Crippen molar-refractivity contribution < 1.29 is 14.0 Å². The normalized spacial score (nSPS) is 14.1. The molecular formula is C22H30IN5O3. The smallest absolute Gasteiger partial charge is 0.289 e. The zero-order valence-electron chi connectivity index (χ0n) is 18.0. The van der Waals surface area contributed by atoms with Crippen molar-refractivity contribution >= 4 is 47.4 Å². The van der Waals surface area contributed by atoms with E-state index in [9.17, 15) is 9.59 Å². The number of hydrogen-bond acceptors (Lipinski definition) is 4. The molecule has 1 saturated heterocycles. The number of carbonyl (C=O) groups excluding carboxylic acids is 2. The molecule has 1 aliphatic rings. The van der Waals surface area contributed by atoms with E-state index in [2.05, 4.69) is 20.5 Å². The van der Waals surface area contributed by atoms with Crippen LogP contribution in [0.4, 0.5) is 5.69 Å². The molecule has 1 aliphatic heterocycles. The van der Waals surface area contributed by atoms with Gasteiger partial charge < -0.3 is 24.9 Å². The molecule has 0 spiro atoms. The molecule has 0 unspecified atom stereocenters. The minimum Gasteiger partial charge on any atom is -0.459 e. The molecular weight excluding hydrogens is 509 g/mol. The first-order valence-corrected chi connectivity index (χ1v) is 10.3. The number of nitrogens with zero attached hydrogens (tertiary/aromatic N) is 3. The lowest BCUT2D eigenvalue weighted by molar-refractivity contribution is -0.116. The molecule has 1 aromatic heterocycles. The molecule has 8 nitrogen and oxygen atoms in total. The molecule has 0 aliphatic carbocycles. The van der Waals surface area contributed by atoms with Crippen LogP contribution in [0.1, 0.15) is 35.9 Å². The first-order valence-electron chi connectivity index (χ1n) is 10.3. The average Bonchev–Trinajstić information content (AvgIpc) is 3.29. The fourth-order valence-electron chi connectivity index (χ4n) is 3.40. The van der Waals surface area contributed by atoms with E-state index in [1.165, 1.54) is 6.26 Å². The highest BCUT2D eigenvalue weighted by molar-refractivity contribution is 14.0. The monoisotopic (exact) mass is 539 g/mol. The predicted octanol–water partition coefficient (Wildman–Crippen LogP) is 3.17. The van der Waals surface area contributed by atoms with E-state index < -0.39 is 0 Å². The Kier molecular flexibility index (Phi) is 9.83. The molecule has 1 aromatic carbocycles. The van der Waals surface area contributed by atoms with Crippen LogP contribution >= 0.6 is 24.0 Å². The highest BCUT2D eigenvalue weighted by atomic mass is 127. The van der Waals surface area contributed by atoms with E-state index in [0.717, 1.165) is 23.6 Å². The maximum atomic E-state index is 12.4. The predicted molar refractivity (Wildman–Crippen MR) is 132 cm³/mol. The summed E-state index contributed by atoms with van der Waals surface area (Å²) in [6, 6.07) is 11.2. The summed E-state index contributed by atoms with van der Waals surface area (Å²) < 4.78 is 5.21. The zero-order chi connectivity index (χ0) is 21.3. The van der Waals surface area contributed by atoms with E-state index in [1.54, 1.807) is 24.1 Å². The van der Waals surface area contributed by atoms with Crippen LogP contribution in [0.5, 0.6) is 0 Å². The second-order valence-corrected chi connectivity index (χ2v) is 7.16. The van der Waals surface area contributed by atoms with Crippen molar-refractivity contribution in [3.63, 3.8) is 0 Å². The lowest BCUT2D eigenvalue weighted by Gasteiger charge is -2.36. The number of rotatable bonds is 6. The van der Waals surface area contributed by atoms with Gasteiger partial charge in [0, 0.05) is 51.9 Å². The number of nitrogens with one attached hydrogen (secondary N) is 2. The van der Waals surface area contributed by atoms with E-state index in [1.807, 2.05) is 31.2 Å². The summed E-state index contributed by atoms with van der Waals surface area (Å²) in [4.78, 5) is 32.5. The van der Waals surface area contributed by atoms with Crippen molar-refractivity contribution in [1.29, 1.82) is 0 Å². The summed E-state index contributed by atoms with van der Waals surface area (Å²) in [5.41, 5.74) is 1.85. The molecule has 2 heterocycles. The molecule has 2 aromatic rings. The topological polar surface area (TPSA) is 90.2 Å². The van der Waals surface area contributed by atoms with Crippen molar-refractivity contribution in [2.24, 2.45) is 4.99 Å². The van der Waals surface area contributed by atoms with Crippen LogP contribution in [0.3, 0.4) is 0 Å². The van der Waals surface area contributed by atoms with Gasteiger partial charge in [-0.05, 0) is 36.2 Å². The Hall–Kier alpha value is -2.56. The lowest BCUT2D eigenvalue weighted by atomic mass is 10.2. The summed E-state index contributed by atoms with van der Waals surface area (Å²) in [6.07, 6.45) is 2.85. The molecule has 0 bridgehead atoms. The minimum absolute atomic E-state index is 0. The van der Waals surface area contributed by atoms with Gasteiger partial charge in [0.1, 0.15) is 0 Å². The molecule has 0 saturated carbocycles. The Morgan fingerprint density at radius 1 is 1.10 bits per heavy atom. The molecule has 9 heteroatoms. The zero-order valence-corrected chi connectivity index (χ0v) is 20.3. The van der Waals surface area contributed by atoms with E-state index >= 15 is 0 Å². The van der Waals surface area contributed by atoms with Crippen molar-refractivity contribution in [2.75, 3.05) is 38.5 Å². The fraction of sp³-hybridized carbons (Fsp3) is 0.409. The fourth-order valence-corrected chi connectivity index (χ4v) is 3.40. The third kappa shape index (κ3) is 6.98. The van der Waals surface area contributed by atoms with Crippen LogP contribution in [-0.2, 0) is 11.3 Å². The van der Waals surface area contributed by atoms with E-state index in [-0.39, 0.29) is 35.8 Å². The highest BCUT2D eigenvalue weighted by Gasteiger charge is 2.25. The number of anilines is 1. The van der Waals surface area contributed by atoms with Gasteiger partial charge in [0.15, 0.2) is 11.7 Å². The summed E-state index contributed by atoms with van der Waals surface area (Å²) in [5, 5.41) is 6.30. The molecule has 31 heavy (non-hydrogen) atoms. The van der Waals surface area contributed by atoms with Gasteiger partial charge in [-0.25, -0.2) is 0 Å². The Balaban J connectivity index is 0.00000341. The average molecular weight is 539 g/mol. The van der Waals surface area contributed by atoms with Crippen LogP contribution in [0.25, 0.3) is 0 Å². The van der Waals surface area contributed by atoms with Gasteiger partial charge in [0.05, 0.1) is 6.26 Å². The number of piperazine rings is 1.